The number of aromatic nitrogens is 1. The van der Waals surface area contributed by atoms with E-state index in [2.05, 4.69) is 23.2 Å². The molecule has 0 radical (unpaired) electrons. The predicted octanol–water partition coefficient (Wildman–Crippen LogP) is 4.64. The quantitative estimate of drug-likeness (QED) is 0.470. The molecular weight excluding hydrogens is 390 g/mol. The smallest absolute Gasteiger partial charge is 0.271 e. The van der Waals surface area contributed by atoms with E-state index in [1.54, 1.807) is 31.3 Å². The molecule has 0 aliphatic carbocycles. The fourth-order valence-corrected chi connectivity index (χ4v) is 5.27. The van der Waals surface area contributed by atoms with Crippen LogP contribution in [0.2, 0.25) is 0 Å². The minimum atomic E-state index is -0.530. The topological polar surface area (TPSA) is 74.1 Å². The highest BCUT2D eigenvalue weighted by molar-refractivity contribution is 7.29. The van der Waals surface area contributed by atoms with E-state index in [0.717, 1.165) is 24.9 Å². The number of rotatable bonds is 3. The van der Waals surface area contributed by atoms with Gasteiger partial charge in [0, 0.05) is 17.0 Å². The summed E-state index contributed by atoms with van der Waals surface area (Å²) >= 11 is 3.09. The summed E-state index contributed by atoms with van der Waals surface area (Å²) in [6.07, 6.45) is 1.68. The van der Waals surface area contributed by atoms with Crippen LogP contribution in [0.15, 0.2) is 53.1 Å². The number of hydrogen-bond donors (Lipinski definition) is 0. The average Bonchev–Trinajstić information content (AvgIpc) is 3.25. The first-order valence-electron chi connectivity index (χ1n) is 8.68. The maximum absolute atomic E-state index is 12.7. The summed E-state index contributed by atoms with van der Waals surface area (Å²) < 4.78 is 1.05. The molecule has 0 spiro atoms. The number of carbonyl (C=O) groups excluding carboxylic acids is 2. The van der Waals surface area contributed by atoms with Gasteiger partial charge in [-0.2, -0.15) is 5.26 Å². The van der Waals surface area contributed by atoms with Gasteiger partial charge in [-0.05, 0) is 37.1 Å². The van der Waals surface area contributed by atoms with Crippen molar-refractivity contribution in [3.8, 4) is 16.5 Å². The van der Waals surface area contributed by atoms with Gasteiger partial charge >= 0.3 is 0 Å². The highest BCUT2D eigenvalue weighted by atomic mass is 32.1. The number of carbonyl (C=O) groups is 2. The summed E-state index contributed by atoms with van der Waals surface area (Å²) in [6, 6.07) is 14.1. The lowest BCUT2D eigenvalue weighted by atomic mass is 9.95. The van der Waals surface area contributed by atoms with Crippen LogP contribution in [0.1, 0.15) is 18.9 Å². The zero-order chi connectivity index (χ0) is 19.8. The van der Waals surface area contributed by atoms with Gasteiger partial charge < -0.3 is 0 Å². The molecule has 28 heavy (non-hydrogen) atoms. The number of thiophene rings is 1. The van der Waals surface area contributed by atoms with Crippen molar-refractivity contribution in [2.24, 2.45) is 0 Å². The molecule has 3 aromatic rings. The number of benzene rings is 1. The fraction of sp³-hybridized carbons (Fsp3) is 0.143. The summed E-state index contributed by atoms with van der Waals surface area (Å²) in [6.45, 7) is 3.57. The number of amides is 2. The number of thiazole rings is 1. The zero-order valence-electron chi connectivity index (χ0n) is 15.2. The Balaban J connectivity index is 1.76. The molecule has 0 N–H and O–H groups in total. The molecule has 3 heterocycles. The summed E-state index contributed by atoms with van der Waals surface area (Å²) in [5.74, 6) is -0.912. The predicted molar refractivity (Wildman–Crippen MR) is 112 cm³/mol. The lowest BCUT2D eigenvalue weighted by molar-refractivity contribution is -0.140. The number of nitrogens with zero attached hydrogens (tertiary/aromatic N) is 3. The third-order valence-corrected chi connectivity index (χ3v) is 6.73. The van der Waals surface area contributed by atoms with Gasteiger partial charge in [0.15, 0.2) is 0 Å². The third-order valence-electron chi connectivity index (χ3n) is 4.57. The number of likely N-dealkylation sites (N-methyl/N-ethyl adjacent to an activating group) is 1. The zero-order valence-corrected chi connectivity index (χ0v) is 16.9. The van der Waals surface area contributed by atoms with E-state index >= 15 is 0 Å². The minimum Gasteiger partial charge on any atom is -0.274 e. The molecule has 0 fully saturated rings. The van der Waals surface area contributed by atoms with Crippen LogP contribution in [0.3, 0.4) is 0 Å². The van der Waals surface area contributed by atoms with E-state index in [1.807, 2.05) is 24.3 Å². The van der Waals surface area contributed by atoms with Crippen molar-refractivity contribution >= 4 is 50.1 Å². The molecule has 0 bridgehead atoms. The first kappa shape index (κ1) is 18.3. The molecule has 1 aromatic carbocycles. The van der Waals surface area contributed by atoms with Crippen LogP contribution < -0.4 is 0 Å². The first-order valence-corrected chi connectivity index (χ1v) is 10.3. The molecule has 0 saturated heterocycles. The van der Waals surface area contributed by atoms with Crippen molar-refractivity contribution in [3.63, 3.8) is 0 Å². The maximum atomic E-state index is 12.7. The first-order chi connectivity index (χ1) is 13.5. The second-order valence-electron chi connectivity index (χ2n) is 6.22. The number of hydrogen-bond acceptors (Lipinski definition) is 6. The van der Waals surface area contributed by atoms with Gasteiger partial charge in [-0.25, -0.2) is 4.98 Å². The van der Waals surface area contributed by atoms with Crippen molar-refractivity contribution in [1.29, 1.82) is 5.26 Å². The molecule has 2 amide bonds. The Labute approximate surface area is 169 Å². The van der Waals surface area contributed by atoms with E-state index in [-0.39, 0.29) is 18.0 Å². The molecule has 138 valence electrons. The van der Waals surface area contributed by atoms with Crippen LogP contribution in [-0.4, -0.2) is 28.2 Å². The molecule has 2 aromatic heterocycles. The normalized spacial score (nSPS) is 16.3. The summed E-state index contributed by atoms with van der Waals surface area (Å²) in [4.78, 5) is 32.8. The van der Waals surface area contributed by atoms with Crippen molar-refractivity contribution in [2.75, 3.05) is 6.54 Å². The van der Waals surface area contributed by atoms with Crippen LogP contribution >= 0.6 is 22.7 Å². The van der Waals surface area contributed by atoms with Gasteiger partial charge in [0.25, 0.3) is 11.8 Å². The average molecular weight is 406 g/mol. The fourth-order valence-electron chi connectivity index (χ4n) is 3.10. The molecule has 1 aliphatic heterocycles. The van der Waals surface area contributed by atoms with Crippen LogP contribution in [0.25, 0.3) is 26.0 Å². The Morgan fingerprint density at radius 2 is 1.93 bits per heavy atom. The standard InChI is InChI=1S/C21H15N3O2S2/c1-3-24-20(25)14(12(2)15(11-22)21(24)26)9-18-23-19-17(27-18)10-16(28-19)13-7-5-4-6-8-13/h4-10H,3H2,1-2H3/b14-9-. The molecule has 0 atom stereocenters. The van der Waals surface area contributed by atoms with Crippen LogP contribution in [0.5, 0.6) is 0 Å². The van der Waals surface area contributed by atoms with Crippen molar-refractivity contribution in [1.82, 2.24) is 9.88 Å². The van der Waals surface area contributed by atoms with Gasteiger partial charge in [0.2, 0.25) is 0 Å². The summed E-state index contributed by atoms with van der Waals surface area (Å²) in [7, 11) is 0. The number of nitriles is 1. The van der Waals surface area contributed by atoms with E-state index < -0.39 is 5.91 Å². The van der Waals surface area contributed by atoms with E-state index in [0.29, 0.717) is 16.2 Å². The highest BCUT2D eigenvalue weighted by Gasteiger charge is 2.34. The summed E-state index contributed by atoms with van der Waals surface area (Å²) in [5, 5.41) is 10.0. The molecule has 0 saturated carbocycles. The van der Waals surface area contributed by atoms with Crippen molar-refractivity contribution in [3.05, 3.63) is 58.1 Å². The van der Waals surface area contributed by atoms with Crippen molar-refractivity contribution in [2.45, 2.75) is 13.8 Å². The Hall–Kier alpha value is -3.08. The van der Waals surface area contributed by atoms with Gasteiger partial charge in [0.1, 0.15) is 21.5 Å². The Bertz CT molecular complexity index is 1180. The monoisotopic (exact) mass is 405 g/mol. The lowest BCUT2D eigenvalue weighted by Gasteiger charge is -2.25. The van der Waals surface area contributed by atoms with Gasteiger partial charge in [0.05, 0.1) is 4.70 Å². The van der Waals surface area contributed by atoms with Gasteiger partial charge in [-0.15, -0.1) is 22.7 Å². The second kappa shape index (κ2) is 7.15. The summed E-state index contributed by atoms with van der Waals surface area (Å²) in [5.41, 5.74) is 1.92. The maximum Gasteiger partial charge on any atom is 0.271 e. The molecule has 4 rings (SSSR count). The lowest BCUT2D eigenvalue weighted by Crippen LogP contribution is -2.42. The highest BCUT2D eigenvalue weighted by Crippen LogP contribution is 2.37. The van der Waals surface area contributed by atoms with Gasteiger partial charge in [-0.1, -0.05) is 30.3 Å². The third kappa shape index (κ3) is 2.97. The molecule has 5 nitrogen and oxygen atoms in total. The van der Waals surface area contributed by atoms with Crippen molar-refractivity contribution < 1.29 is 9.59 Å². The molecular formula is C21H15N3O2S2. The van der Waals surface area contributed by atoms with Crippen LogP contribution in [-0.2, 0) is 9.59 Å². The second-order valence-corrected chi connectivity index (χ2v) is 8.32. The Kier molecular flexibility index (Phi) is 4.67. The van der Waals surface area contributed by atoms with E-state index in [9.17, 15) is 14.9 Å². The Morgan fingerprint density at radius 1 is 1.18 bits per heavy atom. The SMILES string of the molecule is CCN1C(=O)C(C#N)=C(C)/C(=C/c2nc3sc(-c4ccccc4)cc3s2)C1=O. The van der Waals surface area contributed by atoms with Gasteiger partial charge in [-0.3, -0.25) is 14.5 Å². The van der Waals surface area contributed by atoms with E-state index in [1.165, 1.54) is 11.3 Å². The Morgan fingerprint density at radius 3 is 2.57 bits per heavy atom. The number of fused-ring (bicyclic) bond motifs is 1. The molecule has 7 heteroatoms. The van der Waals surface area contributed by atoms with Crippen LogP contribution in [0.4, 0.5) is 0 Å². The molecule has 0 unspecified atom stereocenters. The number of imide groups is 1. The minimum absolute atomic E-state index is 0.0115. The molecule has 1 aliphatic rings. The van der Waals surface area contributed by atoms with E-state index in [4.69, 9.17) is 0 Å². The van der Waals surface area contributed by atoms with Crippen LogP contribution in [0, 0.1) is 11.3 Å². The largest absolute Gasteiger partial charge is 0.274 e.